The van der Waals surface area contributed by atoms with E-state index < -0.39 is 10.0 Å². The molecule has 0 spiro atoms. The number of nitrogens with zero attached hydrogens (tertiary/aromatic N) is 1. The second kappa shape index (κ2) is 9.35. The Morgan fingerprint density at radius 3 is 2.27 bits per heavy atom. The van der Waals surface area contributed by atoms with Gasteiger partial charge >= 0.3 is 0 Å². The van der Waals surface area contributed by atoms with E-state index in [2.05, 4.69) is 26.1 Å². The monoisotopic (exact) mass is 472 g/mol. The number of fused-ring (bicyclic) bond motifs is 1. The molecule has 1 saturated heterocycles. The van der Waals surface area contributed by atoms with Gasteiger partial charge in [-0.1, -0.05) is 39.0 Å². The van der Waals surface area contributed by atoms with Gasteiger partial charge in [0.25, 0.3) is 0 Å². The molecule has 0 bridgehead atoms. The van der Waals surface area contributed by atoms with E-state index in [1.54, 1.807) is 12.1 Å². The quantitative estimate of drug-likeness (QED) is 0.720. The lowest BCUT2D eigenvalue weighted by Gasteiger charge is -2.30. The summed E-state index contributed by atoms with van der Waals surface area (Å²) in [5, 5.41) is 2.98. The third-order valence-electron chi connectivity index (χ3n) is 6.26. The average Bonchev–Trinajstić information content (AvgIpc) is 2.82. The molecule has 0 aliphatic carbocycles. The van der Waals surface area contributed by atoms with E-state index in [4.69, 9.17) is 9.47 Å². The van der Waals surface area contributed by atoms with Crippen molar-refractivity contribution in [1.82, 2.24) is 9.62 Å². The molecule has 33 heavy (non-hydrogen) atoms. The van der Waals surface area contributed by atoms with Crippen LogP contribution >= 0.6 is 0 Å². The fourth-order valence-corrected chi connectivity index (χ4v) is 5.64. The molecule has 4 rings (SSSR count). The van der Waals surface area contributed by atoms with Crippen LogP contribution in [0.5, 0.6) is 11.5 Å². The fraction of sp³-hybridized carbons (Fsp3) is 0.480. The molecule has 0 radical (unpaired) electrons. The highest BCUT2D eigenvalue weighted by Crippen LogP contribution is 2.31. The van der Waals surface area contributed by atoms with Crippen molar-refractivity contribution in [3.8, 4) is 11.5 Å². The summed E-state index contributed by atoms with van der Waals surface area (Å²) in [6.07, 6.45) is 1.01. The number of benzene rings is 2. The molecule has 7 nitrogen and oxygen atoms in total. The minimum Gasteiger partial charge on any atom is -0.486 e. The van der Waals surface area contributed by atoms with Gasteiger partial charge in [0.1, 0.15) is 13.2 Å². The summed E-state index contributed by atoms with van der Waals surface area (Å²) >= 11 is 0. The molecule has 2 aliphatic heterocycles. The zero-order chi connectivity index (χ0) is 23.6. The summed E-state index contributed by atoms with van der Waals surface area (Å²) in [4.78, 5) is 13.0. The summed E-state index contributed by atoms with van der Waals surface area (Å²) in [7, 11) is -3.56. The molecule has 1 N–H and O–H groups in total. The smallest absolute Gasteiger partial charge is 0.243 e. The molecule has 2 aliphatic rings. The molecule has 178 valence electrons. The van der Waals surface area contributed by atoms with Crippen molar-refractivity contribution in [2.24, 2.45) is 5.92 Å². The van der Waals surface area contributed by atoms with Crippen molar-refractivity contribution < 1.29 is 22.7 Å². The highest BCUT2D eigenvalue weighted by Gasteiger charge is 2.32. The van der Waals surface area contributed by atoms with E-state index in [1.807, 2.05) is 30.3 Å². The van der Waals surface area contributed by atoms with Crippen LogP contribution in [-0.2, 0) is 26.8 Å². The Kier molecular flexibility index (Phi) is 6.68. The van der Waals surface area contributed by atoms with Crippen molar-refractivity contribution in [1.29, 1.82) is 0 Å². The summed E-state index contributed by atoms with van der Waals surface area (Å²) < 4.78 is 38.7. The first-order valence-electron chi connectivity index (χ1n) is 11.4. The lowest BCUT2D eigenvalue weighted by molar-refractivity contribution is -0.126. The molecule has 8 heteroatoms. The number of carbonyl (C=O) groups excluding carboxylic acids is 1. The molecule has 0 unspecified atom stereocenters. The first-order chi connectivity index (χ1) is 15.6. The van der Waals surface area contributed by atoms with E-state index in [-0.39, 0.29) is 17.2 Å². The SMILES string of the molecule is CC(C)(C)c1ccc(S(=O)(=O)N2CCC(C(=O)NCc3ccc4c(c3)OCCO4)CC2)cc1. The lowest BCUT2D eigenvalue weighted by Crippen LogP contribution is -2.42. The Bertz CT molecular complexity index is 1100. The highest BCUT2D eigenvalue weighted by atomic mass is 32.2. The Morgan fingerprint density at radius 2 is 1.64 bits per heavy atom. The molecule has 1 amide bonds. The van der Waals surface area contributed by atoms with E-state index in [1.165, 1.54) is 4.31 Å². The lowest BCUT2D eigenvalue weighted by atomic mass is 9.87. The van der Waals surface area contributed by atoms with Gasteiger partial charge < -0.3 is 14.8 Å². The van der Waals surface area contributed by atoms with Crippen LogP contribution in [0.15, 0.2) is 47.4 Å². The number of hydrogen-bond donors (Lipinski definition) is 1. The molecule has 0 atom stereocenters. The van der Waals surface area contributed by atoms with Crippen LogP contribution in [0.2, 0.25) is 0 Å². The zero-order valence-corrected chi connectivity index (χ0v) is 20.3. The third kappa shape index (κ3) is 5.33. The number of rotatable bonds is 5. The number of carbonyl (C=O) groups is 1. The number of hydrogen-bond acceptors (Lipinski definition) is 5. The maximum atomic E-state index is 13.1. The Hall–Kier alpha value is -2.58. The minimum atomic E-state index is -3.56. The van der Waals surface area contributed by atoms with Crippen LogP contribution in [0.4, 0.5) is 0 Å². The summed E-state index contributed by atoms with van der Waals surface area (Å²) in [5.41, 5.74) is 2.00. The van der Waals surface area contributed by atoms with Gasteiger partial charge in [-0.05, 0) is 53.6 Å². The fourth-order valence-electron chi connectivity index (χ4n) is 4.17. The molecular formula is C25H32N2O5S. The molecule has 2 aromatic rings. The molecule has 2 heterocycles. The number of ether oxygens (including phenoxy) is 2. The van der Waals surface area contributed by atoms with E-state index in [0.29, 0.717) is 56.3 Å². The maximum Gasteiger partial charge on any atom is 0.243 e. The van der Waals surface area contributed by atoms with Gasteiger partial charge in [-0.15, -0.1) is 0 Å². The summed E-state index contributed by atoms with van der Waals surface area (Å²) in [6, 6.07) is 12.8. The Labute approximate surface area is 196 Å². The summed E-state index contributed by atoms with van der Waals surface area (Å²) in [5.74, 6) is 1.17. The van der Waals surface area contributed by atoms with Gasteiger partial charge in [-0.3, -0.25) is 4.79 Å². The van der Waals surface area contributed by atoms with Crippen molar-refractivity contribution in [2.75, 3.05) is 26.3 Å². The topological polar surface area (TPSA) is 84.9 Å². The van der Waals surface area contributed by atoms with Gasteiger partial charge in [0.05, 0.1) is 4.90 Å². The molecule has 1 fully saturated rings. The van der Waals surface area contributed by atoms with Crippen LogP contribution in [0.1, 0.15) is 44.7 Å². The first-order valence-corrected chi connectivity index (χ1v) is 12.9. The zero-order valence-electron chi connectivity index (χ0n) is 19.5. The molecule has 0 aromatic heterocycles. The Morgan fingerprint density at radius 1 is 1.00 bits per heavy atom. The number of sulfonamides is 1. The molecule has 2 aromatic carbocycles. The predicted molar refractivity (Wildman–Crippen MR) is 126 cm³/mol. The van der Waals surface area contributed by atoms with E-state index in [9.17, 15) is 13.2 Å². The molecular weight excluding hydrogens is 440 g/mol. The predicted octanol–water partition coefficient (Wildman–Crippen LogP) is 3.47. The van der Waals surface area contributed by atoms with Crippen molar-refractivity contribution in [3.05, 3.63) is 53.6 Å². The van der Waals surface area contributed by atoms with Crippen molar-refractivity contribution in [2.45, 2.75) is 50.5 Å². The van der Waals surface area contributed by atoms with Gasteiger partial charge in [-0.25, -0.2) is 8.42 Å². The van der Waals surface area contributed by atoms with Gasteiger partial charge in [0.2, 0.25) is 15.9 Å². The summed E-state index contributed by atoms with van der Waals surface area (Å²) in [6.45, 7) is 8.43. The van der Waals surface area contributed by atoms with Crippen molar-refractivity contribution in [3.63, 3.8) is 0 Å². The van der Waals surface area contributed by atoms with Gasteiger partial charge in [0.15, 0.2) is 11.5 Å². The average molecular weight is 473 g/mol. The van der Waals surface area contributed by atoms with Gasteiger partial charge in [0, 0.05) is 25.6 Å². The van der Waals surface area contributed by atoms with Gasteiger partial charge in [-0.2, -0.15) is 4.31 Å². The number of piperidine rings is 1. The molecule has 0 saturated carbocycles. The Balaban J connectivity index is 1.31. The standard InChI is InChI=1S/C25H32N2O5S/c1-25(2,3)20-5-7-21(8-6-20)33(29,30)27-12-10-19(11-13-27)24(28)26-17-18-4-9-22-23(16-18)32-15-14-31-22/h4-9,16,19H,10-15,17H2,1-3H3,(H,26,28). The second-order valence-corrected chi connectivity index (χ2v) is 11.6. The normalized spacial score (nSPS) is 17.5. The minimum absolute atomic E-state index is 0.0338. The van der Waals surface area contributed by atoms with Crippen LogP contribution in [-0.4, -0.2) is 44.9 Å². The van der Waals surface area contributed by atoms with E-state index >= 15 is 0 Å². The number of nitrogens with one attached hydrogen (secondary N) is 1. The number of amides is 1. The second-order valence-electron chi connectivity index (χ2n) is 9.65. The maximum absolute atomic E-state index is 13.1. The van der Waals surface area contributed by atoms with Crippen LogP contribution in [0.25, 0.3) is 0 Å². The third-order valence-corrected chi connectivity index (χ3v) is 8.17. The van der Waals surface area contributed by atoms with E-state index in [0.717, 1.165) is 16.9 Å². The van der Waals surface area contributed by atoms with Crippen LogP contribution < -0.4 is 14.8 Å². The van der Waals surface area contributed by atoms with Crippen LogP contribution in [0, 0.1) is 5.92 Å². The largest absolute Gasteiger partial charge is 0.486 e. The highest BCUT2D eigenvalue weighted by molar-refractivity contribution is 7.89. The van der Waals surface area contributed by atoms with Crippen LogP contribution in [0.3, 0.4) is 0 Å². The van der Waals surface area contributed by atoms with Crippen molar-refractivity contribution >= 4 is 15.9 Å². The first kappa shape index (κ1) is 23.6.